The number of ether oxygens (including phenoxy) is 2. The number of methoxy groups -OCH3 is 2. The van der Waals surface area contributed by atoms with Crippen LogP contribution in [0.15, 0.2) is 18.2 Å². The molecule has 1 aromatic carbocycles. The summed E-state index contributed by atoms with van der Waals surface area (Å²) in [7, 11) is 3.18. The zero-order chi connectivity index (χ0) is 18.7. The number of piperidine rings is 1. The molecule has 2 fully saturated rings. The Hall–Kier alpha value is -2.24. The Morgan fingerprint density at radius 3 is 2.46 bits per heavy atom. The Bertz CT molecular complexity index is 668. The number of likely N-dealkylation sites (tertiary alicyclic amines) is 1. The van der Waals surface area contributed by atoms with Gasteiger partial charge in [-0.25, -0.2) is 0 Å². The predicted molar refractivity (Wildman–Crippen MR) is 98.0 cm³/mol. The van der Waals surface area contributed by atoms with Crippen LogP contribution in [0.4, 0.5) is 0 Å². The van der Waals surface area contributed by atoms with Crippen LogP contribution in [0, 0.1) is 17.8 Å². The molecule has 2 unspecified atom stereocenters. The molecule has 6 heteroatoms. The molecular weight excluding hydrogens is 332 g/mol. The van der Waals surface area contributed by atoms with E-state index in [9.17, 15) is 9.59 Å². The Labute approximate surface area is 154 Å². The maximum atomic E-state index is 12.5. The van der Waals surface area contributed by atoms with Crippen molar-refractivity contribution in [2.24, 2.45) is 17.8 Å². The molecule has 1 aliphatic heterocycles. The lowest BCUT2D eigenvalue weighted by Gasteiger charge is -2.30. The third-order valence-electron chi connectivity index (χ3n) is 5.45. The van der Waals surface area contributed by atoms with Crippen molar-refractivity contribution in [1.82, 2.24) is 10.2 Å². The highest BCUT2D eigenvalue weighted by atomic mass is 16.5. The first kappa shape index (κ1) is 18.5. The van der Waals surface area contributed by atoms with Crippen LogP contribution in [0.1, 0.15) is 31.7 Å². The summed E-state index contributed by atoms with van der Waals surface area (Å²) >= 11 is 0. The standard InChI is InChI=1S/C20H28N2O4/c1-13-6-8-22(9-7-13)20(24)16-11-15(16)19(23)21-12-14-4-5-17(25-2)18(10-14)26-3/h4-5,10,13,15-16H,6-9,11-12H2,1-3H3,(H,21,23). The topological polar surface area (TPSA) is 67.9 Å². The number of hydrogen-bond acceptors (Lipinski definition) is 4. The summed E-state index contributed by atoms with van der Waals surface area (Å²) in [4.78, 5) is 26.8. The highest BCUT2D eigenvalue weighted by molar-refractivity contribution is 5.92. The van der Waals surface area contributed by atoms with Crippen LogP contribution in [0.3, 0.4) is 0 Å². The first-order valence-corrected chi connectivity index (χ1v) is 9.31. The smallest absolute Gasteiger partial charge is 0.226 e. The maximum absolute atomic E-state index is 12.5. The highest BCUT2D eigenvalue weighted by Gasteiger charge is 2.49. The SMILES string of the molecule is COc1ccc(CNC(=O)C2CC2C(=O)N2CCC(C)CC2)cc1OC. The van der Waals surface area contributed by atoms with E-state index in [1.54, 1.807) is 14.2 Å². The zero-order valence-electron chi connectivity index (χ0n) is 15.8. The van der Waals surface area contributed by atoms with Gasteiger partial charge in [-0.1, -0.05) is 13.0 Å². The summed E-state index contributed by atoms with van der Waals surface area (Å²) in [6.07, 6.45) is 2.80. The van der Waals surface area contributed by atoms with E-state index in [4.69, 9.17) is 9.47 Å². The minimum Gasteiger partial charge on any atom is -0.493 e. The molecular formula is C20H28N2O4. The van der Waals surface area contributed by atoms with E-state index in [2.05, 4.69) is 12.2 Å². The zero-order valence-corrected chi connectivity index (χ0v) is 15.8. The van der Waals surface area contributed by atoms with Crippen molar-refractivity contribution in [3.63, 3.8) is 0 Å². The average molecular weight is 360 g/mol. The molecule has 1 saturated heterocycles. The van der Waals surface area contributed by atoms with Crippen molar-refractivity contribution < 1.29 is 19.1 Å². The molecule has 1 saturated carbocycles. The fourth-order valence-corrected chi connectivity index (χ4v) is 3.53. The molecule has 0 aromatic heterocycles. The van der Waals surface area contributed by atoms with E-state index in [0.717, 1.165) is 31.5 Å². The summed E-state index contributed by atoms with van der Waals surface area (Å²) in [5, 5.41) is 2.94. The van der Waals surface area contributed by atoms with Gasteiger partial charge in [0.15, 0.2) is 11.5 Å². The number of rotatable bonds is 6. The number of nitrogens with zero attached hydrogens (tertiary/aromatic N) is 1. The lowest BCUT2D eigenvalue weighted by atomic mass is 9.99. The summed E-state index contributed by atoms with van der Waals surface area (Å²) in [6.45, 7) is 4.30. The van der Waals surface area contributed by atoms with Crippen LogP contribution >= 0.6 is 0 Å². The molecule has 1 heterocycles. The monoisotopic (exact) mass is 360 g/mol. The summed E-state index contributed by atoms with van der Waals surface area (Å²) in [5.41, 5.74) is 0.935. The number of nitrogens with one attached hydrogen (secondary N) is 1. The van der Waals surface area contributed by atoms with Gasteiger partial charge < -0.3 is 19.7 Å². The van der Waals surface area contributed by atoms with E-state index in [1.165, 1.54) is 0 Å². The molecule has 1 N–H and O–H groups in total. The molecule has 1 aliphatic carbocycles. The van der Waals surface area contributed by atoms with Crippen molar-refractivity contribution in [3.05, 3.63) is 23.8 Å². The van der Waals surface area contributed by atoms with Gasteiger partial charge in [0.1, 0.15) is 0 Å². The van der Waals surface area contributed by atoms with Gasteiger partial charge in [0.25, 0.3) is 0 Å². The summed E-state index contributed by atoms with van der Waals surface area (Å²) < 4.78 is 10.5. The largest absolute Gasteiger partial charge is 0.493 e. The van der Waals surface area contributed by atoms with Gasteiger partial charge in [-0.2, -0.15) is 0 Å². The van der Waals surface area contributed by atoms with E-state index in [0.29, 0.717) is 30.4 Å². The Balaban J connectivity index is 1.48. The summed E-state index contributed by atoms with van der Waals surface area (Å²) in [6, 6.07) is 5.57. The third kappa shape index (κ3) is 4.11. The van der Waals surface area contributed by atoms with E-state index in [-0.39, 0.29) is 23.7 Å². The second kappa shape index (κ2) is 7.98. The fourth-order valence-electron chi connectivity index (χ4n) is 3.53. The van der Waals surface area contributed by atoms with Gasteiger partial charge in [-0.05, 0) is 42.9 Å². The van der Waals surface area contributed by atoms with Crippen LogP contribution in [0.25, 0.3) is 0 Å². The molecule has 142 valence electrons. The van der Waals surface area contributed by atoms with Crippen LogP contribution < -0.4 is 14.8 Å². The van der Waals surface area contributed by atoms with Crippen molar-refractivity contribution in [2.45, 2.75) is 32.7 Å². The second-order valence-electron chi connectivity index (χ2n) is 7.36. The average Bonchev–Trinajstić information content (AvgIpc) is 3.46. The van der Waals surface area contributed by atoms with E-state index >= 15 is 0 Å². The number of amides is 2. The first-order chi connectivity index (χ1) is 12.5. The van der Waals surface area contributed by atoms with E-state index in [1.807, 2.05) is 23.1 Å². The molecule has 2 amide bonds. The Morgan fingerprint density at radius 2 is 1.81 bits per heavy atom. The lowest BCUT2D eigenvalue weighted by molar-refractivity contribution is -0.135. The fraction of sp³-hybridized carbons (Fsp3) is 0.600. The van der Waals surface area contributed by atoms with Gasteiger partial charge in [-0.3, -0.25) is 9.59 Å². The van der Waals surface area contributed by atoms with Crippen molar-refractivity contribution in [1.29, 1.82) is 0 Å². The molecule has 0 bridgehead atoms. The van der Waals surface area contributed by atoms with Crippen LogP contribution in [0.2, 0.25) is 0 Å². The second-order valence-corrected chi connectivity index (χ2v) is 7.36. The van der Waals surface area contributed by atoms with Gasteiger partial charge in [-0.15, -0.1) is 0 Å². The number of carbonyl (C=O) groups excluding carboxylic acids is 2. The van der Waals surface area contributed by atoms with Gasteiger partial charge in [0.2, 0.25) is 11.8 Å². The molecule has 2 aliphatic rings. The number of benzene rings is 1. The number of carbonyl (C=O) groups is 2. The van der Waals surface area contributed by atoms with Crippen LogP contribution in [0.5, 0.6) is 11.5 Å². The third-order valence-corrected chi connectivity index (χ3v) is 5.45. The van der Waals surface area contributed by atoms with Crippen LogP contribution in [-0.4, -0.2) is 44.0 Å². The molecule has 26 heavy (non-hydrogen) atoms. The van der Waals surface area contributed by atoms with Crippen molar-refractivity contribution in [3.8, 4) is 11.5 Å². The highest BCUT2D eigenvalue weighted by Crippen LogP contribution is 2.41. The molecule has 0 spiro atoms. The molecule has 6 nitrogen and oxygen atoms in total. The van der Waals surface area contributed by atoms with E-state index < -0.39 is 0 Å². The first-order valence-electron chi connectivity index (χ1n) is 9.31. The Kier molecular flexibility index (Phi) is 5.69. The van der Waals surface area contributed by atoms with Crippen molar-refractivity contribution >= 4 is 11.8 Å². The Morgan fingerprint density at radius 1 is 1.12 bits per heavy atom. The molecule has 1 aromatic rings. The van der Waals surface area contributed by atoms with Gasteiger partial charge >= 0.3 is 0 Å². The lowest BCUT2D eigenvalue weighted by Crippen LogP contribution is -2.39. The van der Waals surface area contributed by atoms with Gasteiger partial charge in [0.05, 0.1) is 26.1 Å². The molecule has 0 radical (unpaired) electrons. The van der Waals surface area contributed by atoms with Crippen LogP contribution in [-0.2, 0) is 16.1 Å². The number of hydrogen-bond donors (Lipinski definition) is 1. The van der Waals surface area contributed by atoms with Crippen molar-refractivity contribution in [2.75, 3.05) is 27.3 Å². The maximum Gasteiger partial charge on any atom is 0.226 e. The minimum atomic E-state index is -0.179. The molecule has 3 rings (SSSR count). The summed E-state index contributed by atoms with van der Waals surface area (Å²) in [5.74, 6) is 1.80. The quantitative estimate of drug-likeness (QED) is 0.845. The van der Waals surface area contributed by atoms with Gasteiger partial charge in [0, 0.05) is 19.6 Å². The molecule has 2 atom stereocenters. The minimum absolute atomic E-state index is 0.0384. The predicted octanol–water partition coefficient (Wildman–Crippen LogP) is 2.21. The normalized spacial score (nSPS) is 22.7.